The molecule has 0 amide bonds. The summed E-state index contributed by atoms with van der Waals surface area (Å²) in [6.07, 6.45) is 44.5. The smallest absolute Gasteiger partial charge is 0.102 e. The summed E-state index contributed by atoms with van der Waals surface area (Å²) in [4.78, 5) is 0. The van der Waals surface area contributed by atoms with Crippen molar-refractivity contribution in [3.63, 3.8) is 0 Å². The Labute approximate surface area is 427 Å². The van der Waals surface area contributed by atoms with Crippen molar-refractivity contribution in [3.05, 3.63) is 0 Å². The van der Waals surface area contributed by atoms with E-state index in [1.807, 2.05) is 0 Å². The summed E-state index contributed by atoms with van der Waals surface area (Å²) in [6.45, 7) is 17.6. The van der Waals surface area contributed by atoms with Gasteiger partial charge in [0.15, 0.2) is 0 Å². The van der Waals surface area contributed by atoms with Gasteiger partial charge in [-0.3, -0.25) is 0 Å². The van der Waals surface area contributed by atoms with Crippen LogP contribution in [0.1, 0.15) is 219 Å². The normalized spacial score (nSPS) is 11.8. The molecule has 0 fully saturated rings. The van der Waals surface area contributed by atoms with E-state index in [0.717, 1.165) is 30.8 Å². The van der Waals surface area contributed by atoms with Gasteiger partial charge in [-0.1, -0.05) is 194 Å². The molecule has 0 aromatic heterocycles. The van der Waals surface area contributed by atoms with Gasteiger partial charge in [0.25, 0.3) is 0 Å². The first-order valence-electron chi connectivity index (χ1n) is 28.9. The summed E-state index contributed by atoms with van der Waals surface area (Å²) >= 11 is 0. The number of aliphatic hydroxyl groups is 2. The molecule has 0 atom stereocenters. The number of ether oxygens (including phenoxy) is 8. The average molecular weight is 999 g/mol. The lowest BCUT2D eigenvalue weighted by Gasteiger charge is -2.39. The first-order chi connectivity index (χ1) is 33.2. The monoisotopic (exact) mass is 998 g/mol. The Bertz CT molecular complexity index is 813. The molecule has 0 bridgehead atoms. The zero-order chi connectivity index (χ0) is 48.3. The number of unbranched alkanes of at least 4 members (excludes halogenated alkanes) is 30. The minimum absolute atomic E-state index is 0. The molecule has 0 aliphatic rings. The van der Waals surface area contributed by atoms with Gasteiger partial charge in [0.05, 0.1) is 132 Å². The quantitative estimate of drug-likeness (QED) is 0.0452. The highest BCUT2D eigenvalue weighted by Gasteiger charge is 2.26. The number of aliphatic hydroxyl groups excluding tert-OH is 2. The van der Waals surface area contributed by atoms with E-state index in [0.29, 0.717) is 92.5 Å². The predicted octanol–water partition coefficient (Wildman–Crippen LogP) is 9.45. The fourth-order valence-corrected chi connectivity index (χ4v) is 8.83. The lowest BCUT2D eigenvalue weighted by atomic mass is 10.0. The molecule has 0 unspecified atom stereocenters. The zero-order valence-corrected chi connectivity index (χ0v) is 45.9. The molecule has 0 aromatic carbocycles. The van der Waals surface area contributed by atoms with Gasteiger partial charge in [-0.25, -0.2) is 0 Å². The molecule has 0 spiro atoms. The van der Waals surface area contributed by atoms with Gasteiger partial charge in [0.1, 0.15) is 13.1 Å². The topological polar surface area (TPSA) is 114 Å². The molecule has 0 rings (SSSR count). The number of halogens is 1. The molecule has 0 saturated carbocycles. The van der Waals surface area contributed by atoms with E-state index in [1.165, 1.54) is 219 Å². The molecule has 0 heterocycles. The molecule has 68 heavy (non-hydrogen) atoms. The number of hydrogen-bond acceptors (Lipinski definition) is 10. The van der Waals surface area contributed by atoms with Gasteiger partial charge in [0, 0.05) is 0 Å². The van der Waals surface area contributed by atoms with E-state index in [1.54, 1.807) is 0 Å². The third-order valence-electron chi connectivity index (χ3n) is 13.1. The lowest BCUT2D eigenvalue weighted by molar-refractivity contribution is -0.929. The van der Waals surface area contributed by atoms with E-state index in [2.05, 4.69) is 13.8 Å². The second-order valence-corrected chi connectivity index (χ2v) is 19.2. The van der Waals surface area contributed by atoms with Crippen LogP contribution in [0.2, 0.25) is 0 Å². The van der Waals surface area contributed by atoms with Crippen molar-refractivity contribution >= 4 is 0 Å². The van der Waals surface area contributed by atoms with E-state index >= 15 is 0 Å². The van der Waals surface area contributed by atoms with Gasteiger partial charge >= 0.3 is 0 Å². The summed E-state index contributed by atoms with van der Waals surface area (Å²) in [5.74, 6) is 0. The predicted molar refractivity (Wildman–Crippen MR) is 280 cm³/mol. The highest BCUT2D eigenvalue weighted by Crippen LogP contribution is 2.19. The average Bonchev–Trinajstić information content (AvgIpc) is 3.34. The van der Waals surface area contributed by atoms with Gasteiger partial charge in [-0.15, -0.1) is 0 Å². The van der Waals surface area contributed by atoms with Crippen molar-refractivity contribution in [2.45, 2.75) is 219 Å². The van der Waals surface area contributed by atoms with Gasteiger partial charge in [-0.2, -0.15) is 0 Å². The Morgan fingerprint density at radius 1 is 0.221 bits per heavy atom. The molecular weight excluding hydrogens is 882 g/mol. The number of quaternary nitrogens is 1. The van der Waals surface area contributed by atoms with Crippen molar-refractivity contribution in [2.75, 3.05) is 145 Å². The molecule has 0 aliphatic carbocycles. The van der Waals surface area contributed by atoms with E-state index < -0.39 is 0 Å². The highest BCUT2D eigenvalue weighted by molar-refractivity contribution is 4.55. The summed E-state index contributed by atoms with van der Waals surface area (Å²) in [5.41, 5.74) is 0. The maximum Gasteiger partial charge on any atom is 0.102 e. The maximum absolute atomic E-state index is 8.83. The van der Waals surface area contributed by atoms with E-state index in [9.17, 15) is 0 Å². The number of hydrogen-bond donors (Lipinski definition) is 2. The Kier molecular flexibility index (Phi) is 64.8. The van der Waals surface area contributed by atoms with Crippen molar-refractivity contribution < 1.29 is 65.0 Å². The lowest BCUT2D eigenvalue weighted by Crippen LogP contribution is -3.00. The van der Waals surface area contributed by atoms with Crippen LogP contribution in [0.5, 0.6) is 0 Å². The summed E-state index contributed by atoms with van der Waals surface area (Å²) in [6, 6.07) is 0. The zero-order valence-electron chi connectivity index (χ0n) is 45.2. The first kappa shape index (κ1) is 69.9. The first-order valence-corrected chi connectivity index (χ1v) is 28.9. The van der Waals surface area contributed by atoms with E-state index in [-0.39, 0.29) is 25.6 Å². The maximum atomic E-state index is 8.83. The third-order valence-corrected chi connectivity index (χ3v) is 13.1. The fourth-order valence-electron chi connectivity index (χ4n) is 8.83. The molecule has 12 heteroatoms. The Balaban J connectivity index is 0. The van der Waals surface area contributed by atoms with Gasteiger partial charge < -0.3 is 65.0 Å². The molecule has 2 N–H and O–H groups in total. The molecule has 0 saturated heterocycles. The van der Waals surface area contributed by atoms with Crippen LogP contribution in [-0.2, 0) is 37.9 Å². The summed E-state index contributed by atoms with van der Waals surface area (Å²) in [7, 11) is 0. The van der Waals surface area contributed by atoms with E-state index in [4.69, 9.17) is 48.1 Å². The van der Waals surface area contributed by atoms with Crippen LogP contribution in [0.3, 0.4) is 0 Å². The minimum Gasteiger partial charge on any atom is -1.00 e. The molecule has 412 valence electrons. The van der Waals surface area contributed by atoms with Crippen LogP contribution in [0.15, 0.2) is 0 Å². The van der Waals surface area contributed by atoms with Crippen LogP contribution >= 0.6 is 0 Å². The second kappa shape index (κ2) is 63.0. The van der Waals surface area contributed by atoms with Gasteiger partial charge in [0.2, 0.25) is 0 Å². The van der Waals surface area contributed by atoms with Crippen LogP contribution < -0.4 is 12.4 Å². The van der Waals surface area contributed by atoms with Crippen molar-refractivity contribution in [3.8, 4) is 0 Å². The summed E-state index contributed by atoms with van der Waals surface area (Å²) < 4.78 is 46.7. The van der Waals surface area contributed by atoms with Crippen molar-refractivity contribution in [1.29, 1.82) is 0 Å². The molecule has 0 aliphatic heterocycles. The second-order valence-electron chi connectivity index (χ2n) is 19.2. The number of rotatable bonds is 62. The molecule has 11 nitrogen and oxygen atoms in total. The van der Waals surface area contributed by atoms with Gasteiger partial charge in [-0.05, 0) is 25.7 Å². The number of nitrogens with zero attached hydrogens (tertiary/aromatic N) is 1. The van der Waals surface area contributed by atoms with Crippen LogP contribution in [0.4, 0.5) is 0 Å². The highest BCUT2D eigenvalue weighted by atomic mass is 35.5. The van der Waals surface area contributed by atoms with Crippen molar-refractivity contribution in [2.24, 2.45) is 0 Å². The largest absolute Gasteiger partial charge is 1.00 e. The van der Waals surface area contributed by atoms with Crippen LogP contribution in [-0.4, -0.2) is 160 Å². The van der Waals surface area contributed by atoms with Crippen LogP contribution in [0.25, 0.3) is 0 Å². The fraction of sp³-hybridized carbons (Fsp3) is 1.00. The molecule has 0 radical (unpaired) electrons. The Morgan fingerprint density at radius 3 is 0.603 bits per heavy atom. The standard InChI is InChI=1S/C56H116NO10.ClH/c1-3-5-7-9-11-13-15-17-19-21-23-25-27-29-31-33-35-57(37-41-60-45-49-64-53-55-66-51-47-62-43-39-58,38-42-61-46-50-65-54-56-67-52-48-63-44-40-59)36-34-32-30-28-26-24-22-20-18-16-14-12-10-8-6-4-2;/h58-59H,3-56H2,1-2H3;1H/q+1;/p-1. The Morgan fingerprint density at radius 2 is 0.397 bits per heavy atom. The van der Waals surface area contributed by atoms with Crippen LogP contribution in [0, 0.1) is 0 Å². The SMILES string of the molecule is CCCCCCCCCCCCCCCCCC[N+](CCCCCCCCCCCCCCCCCC)(CCOCCOCCOCCOCCO)CCOCCOCCOCCOCCO.[Cl-]. The summed E-state index contributed by atoms with van der Waals surface area (Å²) in [5, 5.41) is 17.7. The van der Waals surface area contributed by atoms with Crippen molar-refractivity contribution in [1.82, 2.24) is 0 Å². The minimum atomic E-state index is 0. The third kappa shape index (κ3) is 56.8. The molecular formula is C56H116ClNO10. The Hall–Kier alpha value is -0.150. The molecule has 0 aromatic rings.